The number of likely N-dealkylation sites (tertiary alicyclic amines) is 1. The van der Waals surface area contributed by atoms with Crippen molar-refractivity contribution >= 4 is 11.9 Å². The van der Waals surface area contributed by atoms with Crippen LogP contribution in [0.3, 0.4) is 0 Å². The predicted molar refractivity (Wildman–Crippen MR) is 68.6 cm³/mol. The largest absolute Gasteiger partial charge is 0.480 e. The van der Waals surface area contributed by atoms with E-state index < -0.39 is 23.5 Å². The molecule has 6 nitrogen and oxygen atoms in total. The van der Waals surface area contributed by atoms with Gasteiger partial charge in [0, 0.05) is 13.0 Å². The molecule has 1 amide bonds. The van der Waals surface area contributed by atoms with Crippen molar-refractivity contribution < 1.29 is 19.8 Å². The Balaban J connectivity index is 2.19. The van der Waals surface area contributed by atoms with Gasteiger partial charge in [-0.1, -0.05) is 6.92 Å². The molecule has 2 saturated heterocycles. The first-order chi connectivity index (χ1) is 9.00. The monoisotopic (exact) mass is 270 g/mol. The number of carbonyl (C=O) groups is 2. The van der Waals surface area contributed by atoms with Gasteiger partial charge in [0.2, 0.25) is 5.91 Å². The van der Waals surface area contributed by atoms with Gasteiger partial charge in [-0.25, -0.2) is 4.79 Å². The molecule has 1 unspecified atom stereocenters. The molecule has 0 spiro atoms. The Kier molecular flexibility index (Phi) is 4.10. The summed E-state index contributed by atoms with van der Waals surface area (Å²) in [6.45, 7) is 3.69. The van der Waals surface area contributed by atoms with E-state index in [-0.39, 0.29) is 18.9 Å². The van der Waals surface area contributed by atoms with Crippen molar-refractivity contribution in [3.8, 4) is 0 Å². The van der Waals surface area contributed by atoms with Crippen molar-refractivity contribution in [2.24, 2.45) is 5.41 Å². The second-order valence-electron chi connectivity index (χ2n) is 5.58. The number of hydrogen-bond acceptors (Lipinski definition) is 4. The highest BCUT2D eigenvalue weighted by Gasteiger charge is 2.47. The summed E-state index contributed by atoms with van der Waals surface area (Å²) in [4.78, 5) is 25.3. The maximum atomic E-state index is 12.7. The summed E-state index contributed by atoms with van der Waals surface area (Å²) in [6, 6.07) is -0.874. The number of amides is 1. The Labute approximate surface area is 112 Å². The molecule has 0 aromatic heterocycles. The lowest BCUT2D eigenvalue weighted by atomic mass is 9.75. The van der Waals surface area contributed by atoms with Crippen molar-refractivity contribution in [1.29, 1.82) is 0 Å². The van der Waals surface area contributed by atoms with Crippen LogP contribution in [0.4, 0.5) is 0 Å². The van der Waals surface area contributed by atoms with Gasteiger partial charge in [-0.05, 0) is 32.4 Å². The number of β-amino-alcohol motifs (C(OH)–C–C–N with tert-alkyl or cyclic N) is 1. The molecule has 108 valence electrons. The number of aliphatic hydroxyl groups excluding tert-OH is 1. The van der Waals surface area contributed by atoms with Crippen LogP contribution in [-0.2, 0) is 9.59 Å². The van der Waals surface area contributed by atoms with Crippen molar-refractivity contribution in [1.82, 2.24) is 10.2 Å². The summed E-state index contributed by atoms with van der Waals surface area (Å²) in [5, 5.41) is 22.1. The fraction of sp³-hybridized carbons (Fsp3) is 0.846. The molecule has 0 aromatic rings. The average molecular weight is 270 g/mol. The number of carbonyl (C=O) groups excluding carboxylic acids is 1. The maximum absolute atomic E-state index is 12.7. The lowest BCUT2D eigenvalue weighted by Gasteiger charge is -2.39. The zero-order valence-electron chi connectivity index (χ0n) is 11.3. The van der Waals surface area contributed by atoms with Crippen LogP contribution < -0.4 is 5.32 Å². The van der Waals surface area contributed by atoms with Gasteiger partial charge in [0.25, 0.3) is 0 Å². The fourth-order valence-electron chi connectivity index (χ4n) is 3.20. The van der Waals surface area contributed by atoms with Crippen LogP contribution in [0.25, 0.3) is 0 Å². The number of aliphatic hydroxyl groups is 1. The molecule has 2 aliphatic heterocycles. The minimum absolute atomic E-state index is 0.0968. The predicted octanol–water partition coefficient (Wildman–Crippen LogP) is -0.187. The zero-order valence-corrected chi connectivity index (χ0v) is 11.3. The van der Waals surface area contributed by atoms with Gasteiger partial charge < -0.3 is 20.4 Å². The van der Waals surface area contributed by atoms with E-state index in [9.17, 15) is 19.8 Å². The first-order valence-corrected chi connectivity index (χ1v) is 6.93. The third kappa shape index (κ3) is 2.60. The lowest BCUT2D eigenvalue weighted by molar-refractivity contribution is -0.154. The van der Waals surface area contributed by atoms with Crippen molar-refractivity contribution in [3.63, 3.8) is 0 Å². The first-order valence-electron chi connectivity index (χ1n) is 6.93. The molecule has 0 bridgehead atoms. The second kappa shape index (κ2) is 5.46. The quantitative estimate of drug-likeness (QED) is 0.661. The Morgan fingerprint density at radius 1 is 1.37 bits per heavy atom. The molecule has 0 aromatic carbocycles. The Morgan fingerprint density at radius 3 is 2.53 bits per heavy atom. The highest BCUT2D eigenvalue weighted by Crippen LogP contribution is 2.37. The van der Waals surface area contributed by atoms with E-state index in [1.807, 2.05) is 6.92 Å². The summed E-state index contributed by atoms with van der Waals surface area (Å²) < 4.78 is 0. The van der Waals surface area contributed by atoms with Gasteiger partial charge in [-0.3, -0.25) is 4.79 Å². The minimum Gasteiger partial charge on any atom is -0.480 e. The van der Waals surface area contributed by atoms with Crippen LogP contribution in [-0.4, -0.2) is 58.8 Å². The highest BCUT2D eigenvalue weighted by molar-refractivity contribution is 5.88. The smallest absolute Gasteiger partial charge is 0.326 e. The molecule has 0 radical (unpaired) electrons. The topological polar surface area (TPSA) is 89.9 Å². The third-order valence-corrected chi connectivity index (χ3v) is 4.52. The first kappa shape index (κ1) is 14.3. The molecule has 6 heteroatoms. The number of piperidine rings is 1. The van der Waals surface area contributed by atoms with Gasteiger partial charge in [-0.15, -0.1) is 0 Å². The van der Waals surface area contributed by atoms with Crippen LogP contribution in [0.15, 0.2) is 0 Å². The molecule has 3 N–H and O–H groups in total. The molecule has 2 fully saturated rings. The molecule has 2 atom stereocenters. The molecule has 2 rings (SSSR count). The van der Waals surface area contributed by atoms with Crippen LogP contribution >= 0.6 is 0 Å². The van der Waals surface area contributed by atoms with Gasteiger partial charge in [0.05, 0.1) is 11.5 Å². The van der Waals surface area contributed by atoms with Gasteiger partial charge >= 0.3 is 5.97 Å². The normalized spacial score (nSPS) is 30.3. The zero-order chi connectivity index (χ0) is 14.0. The second-order valence-corrected chi connectivity index (χ2v) is 5.58. The summed E-state index contributed by atoms with van der Waals surface area (Å²) in [7, 11) is 0. The number of rotatable bonds is 3. The van der Waals surface area contributed by atoms with Gasteiger partial charge in [0.1, 0.15) is 6.04 Å². The fourth-order valence-corrected chi connectivity index (χ4v) is 3.20. The average Bonchev–Trinajstić information content (AvgIpc) is 2.81. The SMILES string of the molecule is CCC1(C(=O)N2CC(O)C[C@H]2C(=O)O)CCNCC1. The molecular weight excluding hydrogens is 248 g/mol. The summed E-state index contributed by atoms with van der Waals surface area (Å²) in [6.07, 6.45) is 1.61. The van der Waals surface area contributed by atoms with Crippen LogP contribution in [0, 0.1) is 5.41 Å². The molecule has 19 heavy (non-hydrogen) atoms. The highest BCUT2D eigenvalue weighted by atomic mass is 16.4. The number of hydrogen-bond donors (Lipinski definition) is 3. The lowest BCUT2D eigenvalue weighted by Crippen LogP contribution is -2.52. The van der Waals surface area contributed by atoms with Crippen molar-refractivity contribution in [3.05, 3.63) is 0 Å². The minimum atomic E-state index is -1.02. The molecule has 2 heterocycles. The molecular formula is C13H22N2O4. The van der Waals surface area contributed by atoms with Gasteiger partial charge in [-0.2, -0.15) is 0 Å². The van der Waals surface area contributed by atoms with E-state index in [2.05, 4.69) is 5.32 Å². The summed E-state index contributed by atoms with van der Waals surface area (Å²) >= 11 is 0. The van der Waals surface area contributed by atoms with Crippen molar-refractivity contribution in [2.45, 2.75) is 44.8 Å². The van der Waals surface area contributed by atoms with E-state index in [0.29, 0.717) is 6.42 Å². The van der Waals surface area contributed by atoms with Crippen LogP contribution in [0.1, 0.15) is 32.6 Å². The third-order valence-electron chi connectivity index (χ3n) is 4.52. The van der Waals surface area contributed by atoms with E-state index in [1.165, 1.54) is 4.90 Å². The number of aliphatic carboxylic acids is 1. The van der Waals surface area contributed by atoms with Gasteiger partial charge in [0.15, 0.2) is 0 Å². The Bertz CT molecular complexity index is 366. The molecule has 2 aliphatic rings. The molecule has 0 saturated carbocycles. The molecule has 0 aliphatic carbocycles. The maximum Gasteiger partial charge on any atom is 0.326 e. The van der Waals surface area contributed by atoms with E-state index in [0.717, 1.165) is 25.9 Å². The standard InChI is InChI=1S/C13H22N2O4/c1-2-13(3-5-14-6-4-13)12(19)15-8-9(16)7-10(15)11(17)18/h9-10,14,16H,2-8H2,1H3,(H,17,18)/t9?,10-/m0/s1. The number of nitrogens with one attached hydrogen (secondary N) is 1. The van der Waals surface area contributed by atoms with Crippen molar-refractivity contribution in [2.75, 3.05) is 19.6 Å². The number of carboxylic acid groups (broad SMARTS) is 1. The van der Waals surface area contributed by atoms with E-state index in [1.54, 1.807) is 0 Å². The van der Waals surface area contributed by atoms with Crippen LogP contribution in [0.2, 0.25) is 0 Å². The Hall–Kier alpha value is -1.14. The summed E-state index contributed by atoms with van der Waals surface area (Å²) in [5.41, 5.74) is -0.455. The van der Waals surface area contributed by atoms with E-state index >= 15 is 0 Å². The van der Waals surface area contributed by atoms with Crippen LogP contribution in [0.5, 0.6) is 0 Å². The Morgan fingerprint density at radius 2 is 2.00 bits per heavy atom. The number of nitrogens with zero attached hydrogens (tertiary/aromatic N) is 1. The summed E-state index contributed by atoms with van der Waals surface area (Å²) in [5.74, 6) is -1.12. The number of carboxylic acids is 1. The van der Waals surface area contributed by atoms with E-state index in [4.69, 9.17) is 0 Å².